The number of furan rings is 1. The average molecular weight is 194 g/mol. The molecule has 0 aromatic carbocycles. The van der Waals surface area contributed by atoms with Gasteiger partial charge in [0.25, 0.3) is 0 Å². The quantitative estimate of drug-likeness (QED) is 0.573. The summed E-state index contributed by atoms with van der Waals surface area (Å²) in [5, 5.41) is 0. The van der Waals surface area contributed by atoms with Crippen molar-refractivity contribution < 1.29 is 4.42 Å². The van der Waals surface area contributed by atoms with Crippen LogP contribution in [-0.2, 0) is 0 Å². The molecule has 0 amide bonds. The van der Waals surface area contributed by atoms with E-state index < -0.39 is 0 Å². The predicted molar refractivity (Wildman–Crippen MR) is 55.3 cm³/mol. The Morgan fingerprint density at radius 2 is 2.14 bits per heavy atom. The first-order valence-corrected chi connectivity index (χ1v) is 5.40. The first kappa shape index (κ1) is 9.74. The predicted octanol–water partition coefficient (Wildman–Crippen LogP) is 2.36. The Labute approximate surface area is 84.6 Å². The fourth-order valence-corrected chi connectivity index (χ4v) is 2.42. The lowest BCUT2D eigenvalue weighted by Gasteiger charge is -2.28. The third-order valence-corrected chi connectivity index (χ3v) is 3.20. The summed E-state index contributed by atoms with van der Waals surface area (Å²) in [6.07, 6.45) is 10.1. The SMILES string of the molecule is NNC(c1ccoc1)C1CCCCC1. The molecule has 14 heavy (non-hydrogen) atoms. The van der Waals surface area contributed by atoms with Crippen LogP contribution < -0.4 is 11.3 Å². The lowest BCUT2D eigenvalue weighted by molar-refractivity contribution is 0.272. The lowest BCUT2D eigenvalue weighted by Crippen LogP contribution is -2.34. The van der Waals surface area contributed by atoms with Crippen molar-refractivity contribution in [2.24, 2.45) is 11.8 Å². The van der Waals surface area contributed by atoms with Gasteiger partial charge in [-0.2, -0.15) is 0 Å². The van der Waals surface area contributed by atoms with E-state index in [9.17, 15) is 0 Å². The van der Waals surface area contributed by atoms with E-state index >= 15 is 0 Å². The Hall–Kier alpha value is -0.800. The van der Waals surface area contributed by atoms with E-state index in [-0.39, 0.29) is 6.04 Å². The van der Waals surface area contributed by atoms with Gasteiger partial charge in [-0.25, -0.2) is 0 Å². The zero-order chi connectivity index (χ0) is 9.80. The molecule has 3 heteroatoms. The molecule has 0 spiro atoms. The standard InChI is InChI=1S/C11H18N2O/c12-13-11(10-6-7-14-8-10)9-4-2-1-3-5-9/h6-9,11,13H,1-5,12H2. The maximum Gasteiger partial charge on any atom is 0.0950 e. The fraction of sp³-hybridized carbons (Fsp3) is 0.636. The van der Waals surface area contributed by atoms with Gasteiger partial charge in [0.1, 0.15) is 0 Å². The Morgan fingerprint density at radius 3 is 2.71 bits per heavy atom. The van der Waals surface area contributed by atoms with E-state index in [0.29, 0.717) is 5.92 Å². The monoisotopic (exact) mass is 194 g/mol. The first-order chi connectivity index (χ1) is 6.92. The van der Waals surface area contributed by atoms with E-state index in [1.165, 1.54) is 37.7 Å². The molecule has 1 unspecified atom stereocenters. The van der Waals surface area contributed by atoms with Crippen LogP contribution in [0.4, 0.5) is 0 Å². The molecular formula is C11H18N2O. The lowest BCUT2D eigenvalue weighted by atomic mass is 9.82. The van der Waals surface area contributed by atoms with Gasteiger partial charge in [0.2, 0.25) is 0 Å². The highest BCUT2D eigenvalue weighted by atomic mass is 16.3. The molecule has 0 saturated heterocycles. The Bertz CT molecular complexity index is 252. The van der Waals surface area contributed by atoms with Crippen LogP contribution >= 0.6 is 0 Å². The molecule has 1 heterocycles. The summed E-state index contributed by atoms with van der Waals surface area (Å²) < 4.78 is 5.09. The van der Waals surface area contributed by atoms with Crippen LogP contribution in [0.1, 0.15) is 43.7 Å². The number of hydrogen-bond donors (Lipinski definition) is 2. The van der Waals surface area contributed by atoms with Gasteiger partial charge in [-0.1, -0.05) is 19.3 Å². The molecule has 1 atom stereocenters. The van der Waals surface area contributed by atoms with Crippen LogP contribution in [0.3, 0.4) is 0 Å². The second-order valence-corrected chi connectivity index (χ2v) is 4.10. The molecular weight excluding hydrogens is 176 g/mol. The Balaban J connectivity index is 2.04. The fourth-order valence-electron chi connectivity index (χ4n) is 2.42. The van der Waals surface area contributed by atoms with Crippen LogP contribution in [0.2, 0.25) is 0 Å². The highest BCUT2D eigenvalue weighted by Crippen LogP contribution is 2.33. The number of hydrazine groups is 1. The molecule has 78 valence electrons. The first-order valence-electron chi connectivity index (χ1n) is 5.40. The van der Waals surface area contributed by atoms with Crippen molar-refractivity contribution >= 4 is 0 Å². The largest absolute Gasteiger partial charge is 0.472 e. The van der Waals surface area contributed by atoms with Crippen molar-refractivity contribution in [2.45, 2.75) is 38.1 Å². The van der Waals surface area contributed by atoms with Crippen LogP contribution in [0.25, 0.3) is 0 Å². The van der Waals surface area contributed by atoms with Crippen molar-refractivity contribution in [3.63, 3.8) is 0 Å². The maximum absolute atomic E-state index is 5.60. The van der Waals surface area contributed by atoms with E-state index in [1.807, 2.05) is 6.07 Å². The summed E-state index contributed by atoms with van der Waals surface area (Å²) in [4.78, 5) is 0. The van der Waals surface area contributed by atoms with Gasteiger partial charge in [-0.05, 0) is 24.8 Å². The van der Waals surface area contributed by atoms with Gasteiger partial charge in [0.05, 0.1) is 18.6 Å². The van der Waals surface area contributed by atoms with Gasteiger partial charge < -0.3 is 4.42 Å². The summed E-state index contributed by atoms with van der Waals surface area (Å²) in [6.45, 7) is 0. The maximum atomic E-state index is 5.60. The molecule has 1 saturated carbocycles. The van der Waals surface area contributed by atoms with Gasteiger partial charge in [-0.15, -0.1) is 0 Å². The Morgan fingerprint density at radius 1 is 1.36 bits per heavy atom. The summed E-state index contributed by atoms with van der Waals surface area (Å²) in [5.74, 6) is 6.28. The normalized spacial score (nSPS) is 20.9. The molecule has 1 aliphatic carbocycles. The van der Waals surface area contributed by atoms with Crippen LogP contribution in [-0.4, -0.2) is 0 Å². The number of hydrogen-bond acceptors (Lipinski definition) is 3. The van der Waals surface area contributed by atoms with E-state index in [1.54, 1.807) is 12.5 Å². The minimum absolute atomic E-state index is 0.272. The summed E-state index contributed by atoms with van der Waals surface area (Å²) in [5.41, 5.74) is 4.09. The third-order valence-electron chi connectivity index (χ3n) is 3.20. The van der Waals surface area contributed by atoms with Crippen molar-refractivity contribution in [3.8, 4) is 0 Å². The molecule has 1 aromatic rings. The van der Waals surface area contributed by atoms with Crippen LogP contribution in [0, 0.1) is 5.92 Å². The van der Waals surface area contributed by atoms with Gasteiger partial charge in [0.15, 0.2) is 0 Å². The minimum Gasteiger partial charge on any atom is -0.472 e. The smallest absolute Gasteiger partial charge is 0.0950 e. The van der Waals surface area contributed by atoms with Gasteiger partial charge >= 0.3 is 0 Å². The van der Waals surface area contributed by atoms with Crippen molar-refractivity contribution in [2.75, 3.05) is 0 Å². The number of nitrogens with one attached hydrogen (secondary N) is 1. The molecule has 2 rings (SSSR count). The second kappa shape index (κ2) is 4.62. The van der Waals surface area contributed by atoms with Gasteiger partial charge in [-0.3, -0.25) is 11.3 Å². The van der Waals surface area contributed by atoms with Gasteiger partial charge in [0, 0.05) is 5.56 Å². The number of nitrogens with two attached hydrogens (primary N) is 1. The van der Waals surface area contributed by atoms with Crippen molar-refractivity contribution in [1.82, 2.24) is 5.43 Å². The molecule has 1 aromatic heterocycles. The van der Waals surface area contributed by atoms with Crippen molar-refractivity contribution in [3.05, 3.63) is 24.2 Å². The number of rotatable bonds is 3. The third kappa shape index (κ3) is 1.99. The summed E-state index contributed by atoms with van der Waals surface area (Å²) in [6, 6.07) is 2.27. The molecule has 1 fully saturated rings. The molecule has 3 nitrogen and oxygen atoms in total. The van der Waals surface area contributed by atoms with E-state index in [2.05, 4.69) is 5.43 Å². The van der Waals surface area contributed by atoms with Crippen LogP contribution in [0.5, 0.6) is 0 Å². The molecule has 3 N–H and O–H groups in total. The molecule has 0 bridgehead atoms. The molecule has 0 aliphatic heterocycles. The second-order valence-electron chi connectivity index (χ2n) is 4.10. The topological polar surface area (TPSA) is 51.2 Å². The highest BCUT2D eigenvalue weighted by molar-refractivity contribution is 5.12. The zero-order valence-corrected chi connectivity index (χ0v) is 8.41. The average Bonchev–Trinajstić information content (AvgIpc) is 2.74. The molecule has 1 aliphatic rings. The van der Waals surface area contributed by atoms with E-state index in [4.69, 9.17) is 10.3 Å². The summed E-state index contributed by atoms with van der Waals surface area (Å²) in [7, 11) is 0. The Kier molecular flexibility index (Phi) is 3.22. The van der Waals surface area contributed by atoms with Crippen molar-refractivity contribution in [1.29, 1.82) is 0 Å². The minimum atomic E-state index is 0.272. The van der Waals surface area contributed by atoms with Crippen LogP contribution in [0.15, 0.2) is 23.0 Å². The highest BCUT2D eigenvalue weighted by Gasteiger charge is 2.24. The molecule has 0 radical (unpaired) electrons. The zero-order valence-electron chi connectivity index (χ0n) is 8.41. The summed E-state index contributed by atoms with van der Waals surface area (Å²) >= 11 is 0. The van der Waals surface area contributed by atoms with E-state index in [0.717, 1.165) is 0 Å².